The molecule has 1 N–H and O–H groups in total. The van der Waals surface area contributed by atoms with E-state index in [0.717, 1.165) is 5.56 Å². The van der Waals surface area contributed by atoms with Crippen molar-refractivity contribution in [3.63, 3.8) is 0 Å². The summed E-state index contributed by atoms with van der Waals surface area (Å²) in [6.45, 7) is 3.50. The summed E-state index contributed by atoms with van der Waals surface area (Å²) >= 11 is 6.38. The summed E-state index contributed by atoms with van der Waals surface area (Å²) in [4.78, 5) is 17.5. The van der Waals surface area contributed by atoms with E-state index in [9.17, 15) is 18.3 Å². The highest BCUT2D eigenvalue weighted by Crippen LogP contribution is 2.41. The lowest BCUT2D eigenvalue weighted by molar-refractivity contribution is 0.0691. The number of halogens is 1. The number of sulfone groups is 1. The van der Waals surface area contributed by atoms with Gasteiger partial charge in [0.1, 0.15) is 17.6 Å². The fourth-order valence-electron chi connectivity index (χ4n) is 4.51. The third-order valence-corrected chi connectivity index (χ3v) is 8.58. The Morgan fingerprint density at radius 2 is 1.72 bits per heavy atom. The molecule has 0 saturated carbocycles. The van der Waals surface area contributed by atoms with E-state index in [0.29, 0.717) is 44.8 Å². The third kappa shape index (κ3) is 6.00. The number of hydrogen-bond donors (Lipinski definition) is 1. The van der Waals surface area contributed by atoms with Gasteiger partial charge in [0.25, 0.3) is 0 Å². The summed E-state index contributed by atoms with van der Waals surface area (Å²) in [6, 6.07) is 18.2. The summed E-state index contributed by atoms with van der Waals surface area (Å²) in [7, 11) is -3.24. The van der Waals surface area contributed by atoms with E-state index >= 15 is 0 Å². The normalized spacial score (nSPS) is 16.3. The Morgan fingerprint density at radius 1 is 1.05 bits per heavy atom. The van der Waals surface area contributed by atoms with Gasteiger partial charge in [-0.05, 0) is 67.8 Å². The van der Waals surface area contributed by atoms with E-state index < -0.39 is 22.1 Å². The Hall–Kier alpha value is -3.66. The van der Waals surface area contributed by atoms with Gasteiger partial charge in [-0.15, -0.1) is 0 Å². The molecule has 1 fully saturated rings. The van der Waals surface area contributed by atoms with E-state index in [1.54, 1.807) is 31.2 Å². The number of hydrogen-bond acceptors (Lipinski definition) is 8. The molecular weight excluding hydrogens is 542 g/mol. The molecule has 8 nitrogen and oxygen atoms in total. The minimum absolute atomic E-state index is 0.0377. The minimum Gasteiger partial charge on any atom is -0.457 e. The lowest BCUT2D eigenvalue weighted by atomic mass is 9.99. The van der Waals surface area contributed by atoms with Crippen molar-refractivity contribution in [3.05, 3.63) is 82.5 Å². The highest BCUT2D eigenvalue weighted by Gasteiger charge is 2.32. The van der Waals surface area contributed by atoms with Crippen LogP contribution in [0.2, 0.25) is 5.02 Å². The molecule has 1 aliphatic rings. The molecule has 39 heavy (non-hydrogen) atoms. The molecule has 1 aromatic heterocycles. The van der Waals surface area contributed by atoms with Crippen LogP contribution >= 0.6 is 11.6 Å². The highest BCUT2D eigenvalue weighted by molar-refractivity contribution is 7.91. The van der Waals surface area contributed by atoms with Gasteiger partial charge >= 0.3 is 6.16 Å². The molecule has 3 aromatic carbocycles. The summed E-state index contributed by atoms with van der Waals surface area (Å²) in [5.74, 6) is 1.21. The first-order chi connectivity index (χ1) is 18.6. The number of aromatic nitrogens is 1. The maximum absolute atomic E-state index is 12.9. The zero-order valence-electron chi connectivity index (χ0n) is 21.3. The third-order valence-electron chi connectivity index (χ3n) is 6.50. The Kier molecular flexibility index (Phi) is 7.48. The van der Waals surface area contributed by atoms with Crippen molar-refractivity contribution in [3.8, 4) is 28.4 Å². The van der Waals surface area contributed by atoms with Crippen LogP contribution in [0.3, 0.4) is 0 Å². The quantitative estimate of drug-likeness (QED) is 0.276. The van der Waals surface area contributed by atoms with Crippen LogP contribution in [0.5, 0.6) is 17.2 Å². The van der Waals surface area contributed by atoms with E-state index in [1.165, 1.54) is 0 Å². The second-order valence-corrected chi connectivity index (χ2v) is 12.1. The monoisotopic (exact) mass is 567 g/mol. The summed E-state index contributed by atoms with van der Waals surface area (Å²) in [5.41, 5.74) is 3.87. The number of aliphatic hydroxyl groups excluding tert-OH is 1. The average molecular weight is 568 g/mol. The number of aliphatic hydroxyl groups is 1. The standard InChI is InChI=1S/C29H26ClNO7S/c1-17-3-7-21(8-4-17)36-22-9-5-19(6-10-22)27-18(2)31-26-13-20(15-32)25(30)14-24(26)28(27)38-29(33)37-23-11-12-39(34,35)16-23/h3-10,13-14,23,32H,11-12,15-16H2,1-2H3. The van der Waals surface area contributed by atoms with Gasteiger partial charge < -0.3 is 19.3 Å². The molecule has 0 radical (unpaired) electrons. The molecule has 0 bridgehead atoms. The molecular formula is C29H26ClNO7S. The number of fused-ring (bicyclic) bond motifs is 1. The van der Waals surface area contributed by atoms with Gasteiger partial charge in [-0.2, -0.15) is 0 Å². The molecule has 5 rings (SSSR count). The molecule has 4 aromatic rings. The Balaban J connectivity index is 1.52. The fourth-order valence-corrected chi connectivity index (χ4v) is 6.32. The number of nitrogens with zero attached hydrogens (tertiary/aromatic N) is 1. The maximum Gasteiger partial charge on any atom is 0.514 e. The van der Waals surface area contributed by atoms with Crippen molar-refractivity contribution in [2.45, 2.75) is 33.0 Å². The number of ether oxygens (including phenoxy) is 3. The van der Waals surface area contributed by atoms with E-state index in [4.69, 9.17) is 25.8 Å². The smallest absolute Gasteiger partial charge is 0.457 e. The first kappa shape index (κ1) is 26.9. The number of carbonyl (C=O) groups is 1. The second-order valence-electron chi connectivity index (χ2n) is 9.45. The van der Waals surface area contributed by atoms with Crippen molar-refractivity contribution in [1.29, 1.82) is 0 Å². The first-order valence-electron chi connectivity index (χ1n) is 12.3. The van der Waals surface area contributed by atoms with Crippen LogP contribution in [-0.4, -0.2) is 42.3 Å². The van der Waals surface area contributed by atoms with Gasteiger partial charge in [-0.1, -0.05) is 41.4 Å². The topological polar surface area (TPSA) is 112 Å². The molecule has 0 spiro atoms. The summed E-state index contributed by atoms with van der Waals surface area (Å²) in [5, 5.41) is 10.4. The first-order valence-corrected chi connectivity index (χ1v) is 14.5. The molecule has 202 valence electrons. The van der Waals surface area contributed by atoms with E-state index in [2.05, 4.69) is 4.98 Å². The number of carbonyl (C=O) groups excluding carboxylic acids is 1. The molecule has 1 unspecified atom stereocenters. The van der Waals surface area contributed by atoms with Gasteiger partial charge in [0.15, 0.2) is 15.6 Å². The molecule has 1 aliphatic heterocycles. The zero-order chi connectivity index (χ0) is 27.7. The molecule has 2 heterocycles. The van der Waals surface area contributed by atoms with Crippen molar-refractivity contribution >= 4 is 38.5 Å². The molecule has 0 amide bonds. The second kappa shape index (κ2) is 10.8. The molecule has 1 atom stereocenters. The van der Waals surface area contributed by atoms with Crippen molar-refractivity contribution in [2.75, 3.05) is 11.5 Å². The summed E-state index contributed by atoms with van der Waals surface area (Å²) < 4.78 is 40.6. The molecule has 1 saturated heterocycles. The van der Waals surface area contributed by atoms with Gasteiger partial charge in [0, 0.05) is 21.7 Å². The number of rotatable bonds is 6. The number of pyridine rings is 1. The van der Waals surface area contributed by atoms with Crippen molar-refractivity contribution in [2.24, 2.45) is 0 Å². The Bertz CT molecular complexity index is 1650. The van der Waals surface area contributed by atoms with Crippen LogP contribution in [0.15, 0.2) is 60.7 Å². The fraction of sp³-hybridized carbons (Fsp3) is 0.241. The van der Waals surface area contributed by atoms with Crippen LogP contribution in [0, 0.1) is 13.8 Å². The highest BCUT2D eigenvalue weighted by atomic mass is 35.5. The van der Waals surface area contributed by atoms with Crippen LogP contribution in [0.25, 0.3) is 22.0 Å². The van der Waals surface area contributed by atoms with E-state index in [-0.39, 0.29) is 35.3 Å². The Labute approximate surface area is 231 Å². The van der Waals surface area contributed by atoms with Gasteiger partial charge in [0.05, 0.1) is 23.6 Å². The number of benzene rings is 3. The van der Waals surface area contributed by atoms with Crippen molar-refractivity contribution < 1.29 is 32.5 Å². The van der Waals surface area contributed by atoms with E-state index in [1.807, 2.05) is 43.3 Å². The van der Waals surface area contributed by atoms with Crippen LogP contribution < -0.4 is 9.47 Å². The van der Waals surface area contributed by atoms with Crippen LogP contribution in [0.1, 0.15) is 23.2 Å². The SMILES string of the molecule is Cc1ccc(Oc2ccc(-c3c(C)nc4cc(CO)c(Cl)cc4c3OC(=O)OC3CCS(=O)(=O)C3)cc2)cc1. The van der Waals surface area contributed by atoms with Gasteiger partial charge in [-0.25, -0.2) is 13.2 Å². The molecule has 10 heteroatoms. The van der Waals surface area contributed by atoms with Crippen LogP contribution in [-0.2, 0) is 21.2 Å². The largest absolute Gasteiger partial charge is 0.514 e. The molecule has 0 aliphatic carbocycles. The lowest BCUT2D eigenvalue weighted by Gasteiger charge is -2.18. The van der Waals surface area contributed by atoms with Crippen molar-refractivity contribution in [1.82, 2.24) is 4.98 Å². The average Bonchev–Trinajstić information content (AvgIpc) is 3.24. The lowest BCUT2D eigenvalue weighted by Crippen LogP contribution is -2.22. The Morgan fingerprint density at radius 3 is 2.33 bits per heavy atom. The maximum atomic E-state index is 12.9. The predicted molar refractivity (Wildman–Crippen MR) is 148 cm³/mol. The predicted octanol–water partition coefficient (Wildman–Crippen LogP) is 6.16. The summed E-state index contributed by atoms with van der Waals surface area (Å²) in [6.07, 6.45) is -1.58. The zero-order valence-corrected chi connectivity index (χ0v) is 22.9. The number of aryl methyl sites for hydroxylation is 2. The van der Waals surface area contributed by atoms with Crippen LogP contribution in [0.4, 0.5) is 4.79 Å². The van der Waals surface area contributed by atoms with Gasteiger partial charge in [0.2, 0.25) is 0 Å². The van der Waals surface area contributed by atoms with Gasteiger partial charge in [-0.3, -0.25) is 4.98 Å². The minimum atomic E-state index is -3.24.